The lowest BCUT2D eigenvalue weighted by Gasteiger charge is -2.35. The lowest BCUT2D eigenvalue weighted by Crippen LogP contribution is -2.38. The third kappa shape index (κ3) is 3.70. The molecule has 1 atom stereocenters. The first-order chi connectivity index (χ1) is 11.8. The molecule has 126 valence electrons. The summed E-state index contributed by atoms with van der Waals surface area (Å²) < 4.78 is 11.0. The summed E-state index contributed by atoms with van der Waals surface area (Å²) in [5.74, 6) is 0.824. The average Bonchev–Trinajstić information content (AvgIpc) is 2.67. The molecule has 0 aromatic heterocycles. The molecule has 1 amide bonds. The van der Waals surface area contributed by atoms with Gasteiger partial charge in [-0.15, -0.1) is 0 Å². The molecule has 3 rings (SSSR count). The van der Waals surface area contributed by atoms with Crippen molar-refractivity contribution in [3.05, 3.63) is 65.7 Å². The molecule has 1 heterocycles. The number of amides is 1. The van der Waals surface area contributed by atoms with Crippen LogP contribution in [0.5, 0.6) is 5.75 Å². The van der Waals surface area contributed by atoms with Gasteiger partial charge in [0.15, 0.2) is 0 Å². The maximum Gasteiger partial charge on any atom is 0.410 e. The fraction of sp³-hybridized carbons (Fsp3) is 0.350. The standard InChI is InChI=1S/C20H23NO3/c1-23-19-13-6-5-11-17(19)18-12-7-8-14-21(18)20(22)24-15-16-9-3-2-4-10-16/h2-6,9-11,13,18H,7-8,12,14-15H2,1H3/t18-/m1/s1. The Kier molecular flexibility index (Phi) is 5.36. The molecule has 24 heavy (non-hydrogen) atoms. The van der Waals surface area contributed by atoms with E-state index in [0.717, 1.165) is 42.7 Å². The normalized spacial score (nSPS) is 17.4. The van der Waals surface area contributed by atoms with E-state index >= 15 is 0 Å². The Labute approximate surface area is 143 Å². The summed E-state index contributed by atoms with van der Waals surface area (Å²) in [6, 6.07) is 17.7. The number of hydrogen-bond donors (Lipinski definition) is 0. The summed E-state index contributed by atoms with van der Waals surface area (Å²) in [4.78, 5) is 14.5. The maximum atomic E-state index is 12.6. The predicted molar refractivity (Wildman–Crippen MR) is 92.9 cm³/mol. The Morgan fingerprint density at radius 1 is 1.08 bits per heavy atom. The number of carbonyl (C=O) groups excluding carboxylic acids is 1. The fourth-order valence-electron chi connectivity index (χ4n) is 3.22. The molecule has 0 N–H and O–H groups in total. The molecule has 2 aromatic carbocycles. The van der Waals surface area contributed by atoms with Crippen molar-refractivity contribution in [3.8, 4) is 5.75 Å². The number of hydrogen-bond acceptors (Lipinski definition) is 3. The molecule has 0 spiro atoms. The van der Waals surface area contributed by atoms with E-state index in [2.05, 4.69) is 0 Å². The first-order valence-electron chi connectivity index (χ1n) is 8.40. The summed E-state index contributed by atoms with van der Waals surface area (Å²) >= 11 is 0. The van der Waals surface area contributed by atoms with Crippen molar-refractivity contribution in [1.82, 2.24) is 4.90 Å². The van der Waals surface area contributed by atoms with Crippen molar-refractivity contribution in [3.63, 3.8) is 0 Å². The minimum absolute atomic E-state index is 0.0122. The van der Waals surface area contributed by atoms with Gasteiger partial charge in [-0.1, -0.05) is 48.5 Å². The van der Waals surface area contributed by atoms with E-state index in [1.165, 1.54) is 0 Å². The minimum atomic E-state index is -0.255. The van der Waals surface area contributed by atoms with Crippen LogP contribution in [0, 0.1) is 0 Å². The van der Waals surface area contributed by atoms with E-state index in [-0.39, 0.29) is 12.1 Å². The number of carbonyl (C=O) groups is 1. The predicted octanol–water partition coefficient (Wildman–Crippen LogP) is 4.56. The lowest BCUT2D eigenvalue weighted by molar-refractivity contribution is 0.0673. The number of ether oxygens (including phenoxy) is 2. The molecule has 0 radical (unpaired) electrons. The highest BCUT2D eigenvalue weighted by atomic mass is 16.6. The molecule has 0 aliphatic carbocycles. The summed E-state index contributed by atoms with van der Waals surface area (Å²) in [6.45, 7) is 1.02. The van der Waals surface area contributed by atoms with Gasteiger partial charge in [-0.05, 0) is 30.9 Å². The van der Waals surface area contributed by atoms with E-state index < -0.39 is 0 Å². The molecule has 1 saturated heterocycles. The third-order valence-corrected chi connectivity index (χ3v) is 4.44. The van der Waals surface area contributed by atoms with Gasteiger partial charge in [-0.3, -0.25) is 0 Å². The van der Waals surface area contributed by atoms with Gasteiger partial charge in [0.25, 0.3) is 0 Å². The molecule has 1 fully saturated rings. The SMILES string of the molecule is COc1ccccc1[C@H]1CCCCN1C(=O)OCc1ccccc1. The number of rotatable bonds is 4. The van der Waals surface area contributed by atoms with Crippen molar-refractivity contribution in [2.24, 2.45) is 0 Å². The molecule has 4 heteroatoms. The van der Waals surface area contributed by atoms with Crippen LogP contribution in [0.4, 0.5) is 4.79 Å². The molecule has 1 aliphatic rings. The number of piperidine rings is 1. The zero-order chi connectivity index (χ0) is 16.8. The average molecular weight is 325 g/mol. The van der Waals surface area contributed by atoms with Gasteiger partial charge >= 0.3 is 6.09 Å². The molecule has 4 nitrogen and oxygen atoms in total. The summed E-state index contributed by atoms with van der Waals surface area (Å²) in [6.07, 6.45) is 2.78. The second-order valence-corrected chi connectivity index (χ2v) is 5.99. The highest BCUT2D eigenvalue weighted by Crippen LogP contribution is 2.36. The van der Waals surface area contributed by atoms with Gasteiger partial charge in [0.1, 0.15) is 12.4 Å². The van der Waals surface area contributed by atoms with Crippen molar-refractivity contribution in [1.29, 1.82) is 0 Å². The summed E-state index contributed by atoms with van der Waals surface area (Å²) in [7, 11) is 1.67. The quantitative estimate of drug-likeness (QED) is 0.827. The van der Waals surface area contributed by atoms with Gasteiger partial charge < -0.3 is 14.4 Å². The Hall–Kier alpha value is -2.49. The zero-order valence-corrected chi connectivity index (χ0v) is 14.0. The highest BCUT2D eigenvalue weighted by molar-refractivity contribution is 5.68. The van der Waals surface area contributed by atoms with Crippen molar-refractivity contribution in [2.75, 3.05) is 13.7 Å². The largest absolute Gasteiger partial charge is 0.496 e. The monoisotopic (exact) mass is 325 g/mol. The van der Waals surface area contributed by atoms with E-state index in [4.69, 9.17) is 9.47 Å². The van der Waals surface area contributed by atoms with Crippen molar-refractivity contribution in [2.45, 2.75) is 31.9 Å². The molecule has 0 saturated carbocycles. The van der Waals surface area contributed by atoms with E-state index in [1.807, 2.05) is 59.5 Å². The summed E-state index contributed by atoms with van der Waals surface area (Å²) in [5.41, 5.74) is 2.05. The Balaban J connectivity index is 1.73. The van der Waals surface area contributed by atoms with Crippen LogP contribution in [0.1, 0.15) is 36.4 Å². The first-order valence-corrected chi connectivity index (χ1v) is 8.40. The molecular weight excluding hydrogens is 302 g/mol. The van der Waals surface area contributed by atoms with Gasteiger partial charge in [-0.25, -0.2) is 4.79 Å². The van der Waals surface area contributed by atoms with Gasteiger partial charge in [0, 0.05) is 12.1 Å². The third-order valence-electron chi connectivity index (χ3n) is 4.44. The number of para-hydroxylation sites is 1. The van der Waals surface area contributed by atoms with Crippen LogP contribution in [0.2, 0.25) is 0 Å². The van der Waals surface area contributed by atoms with Crippen LogP contribution in [-0.4, -0.2) is 24.6 Å². The number of methoxy groups -OCH3 is 1. The van der Waals surface area contributed by atoms with Gasteiger partial charge in [0.2, 0.25) is 0 Å². The smallest absolute Gasteiger partial charge is 0.410 e. The Bertz CT molecular complexity index is 672. The molecule has 1 aliphatic heterocycles. The Morgan fingerprint density at radius 2 is 1.83 bits per heavy atom. The lowest BCUT2D eigenvalue weighted by atomic mass is 9.95. The Morgan fingerprint density at radius 3 is 2.62 bits per heavy atom. The summed E-state index contributed by atoms with van der Waals surface area (Å²) in [5, 5.41) is 0. The van der Waals surface area contributed by atoms with Crippen molar-refractivity contribution >= 4 is 6.09 Å². The van der Waals surface area contributed by atoms with E-state index in [0.29, 0.717) is 6.61 Å². The van der Waals surface area contributed by atoms with Crippen molar-refractivity contribution < 1.29 is 14.3 Å². The van der Waals surface area contributed by atoms with E-state index in [1.54, 1.807) is 7.11 Å². The number of benzene rings is 2. The topological polar surface area (TPSA) is 38.8 Å². The van der Waals surface area contributed by atoms with Gasteiger partial charge in [0.05, 0.1) is 13.2 Å². The van der Waals surface area contributed by atoms with Crippen LogP contribution < -0.4 is 4.74 Å². The van der Waals surface area contributed by atoms with Crippen LogP contribution in [-0.2, 0) is 11.3 Å². The van der Waals surface area contributed by atoms with Gasteiger partial charge in [-0.2, -0.15) is 0 Å². The second kappa shape index (κ2) is 7.86. The zero-order valence-electron chi connectivity index (χ0n) is 14.0. The fourth-order valence-corrected chi connectivity index (χ4v) is 3.22. The van der Waals surface area contributed by atoms with E-state index in [9.17, 15) is 4.79 Å². The number of likely N-dealkylation sites (tertiary alicyclic amines) is 1. The molecule has 0 unspecified atom stereocenters. The molecule has 2 aromatic rings. The minimum Gasteiger partial charge on any atom is -0.496 e. The maximum absolute atomic E-state index is 12.6. The highest BCUT2D eigenvalue weighted by Gasteiger charge is 2.30. The molecular formula is C20H23NO3. The van der Waals surface area contributed by atoms with Crippen LogP contribution >= 0.6 is 0 Å². The molecule has 0 bridgehead atoms. The van der Waals surface area contributed by atoms with Crippen LogP contribution in [0.3, 0.4) is 0 Å². The van der Waals surface area contributed by atoms with Crippen LogP contribution in [0.15, 0.2) is 54.6 Å². The first kappa shape index (κ1) is 16.4. The second-order valence-electron chi connectivity index (χ2n) is 5.99. The number of nitrogens with zero attached hydrogens (tertiary/aromatic N) is 1. The van der Waals surface area contributed by atoms with Crippen LogP contribution in [0.25, 0.3) is 0 Å².